The van der Waals surface area contributed by atoms with Gasteiger partial charge in [0.2, 0.25) is 0 Å². The lowest BCUT2D eigenvalue weighted by atomic mass is 9.81. The Labute approximate surface area is 132 Å². The van der Waals surface area contributed by atoms with Crippen molar-refractivity contribution in [2.45, 2.75) is 25.7 Å². The number of hydrogen-bond acceptors (Lipinski definition) is 3. The fourth-order valence-corrected chi connectivity index (χ4v) is 2.28. The average molecular weight is 295 g/mol. The van der Waals surface area contributed by atoms with Crippen molar-refractivity contribution < 1.29 is 9.47 Å². The predicted molar refractivity (Wildman–Crippen MR) is 87.1 cm³/mol. The van der Waals surface area contributed by atoms with Crippen LogP contribution in [0.3, 0.4) is 0 Å². The van der Waals surface area contributed by atoms with Crippen LogP contribution in [0.4, 0.5) is 0 Å². The molecule has 0 radical (unpaired) electrons. The maximum Gasteiger partial charge on any atom is 0.161 e. The number of para-hydroxylation sites is 2. The van der Waals surface area contributed by atoms with E-state index in [2.05, 4.69) is 6.07 Å². The van der Waals surface area contributed by atoms with E-state index in [1.807, 2.05) is 68.4 Å². The van der Waals surface area contributed by atoms with Crippen LogP contribution < -0.4 is 9.47 Å². The van der Waals surface area contributed by atoms with E-state index in [0.717, 1.165) is 17.1 Å². The first-order chi connectivity index (χ1) is 10.7. The van der Waals surface area contributed by atoms with Gasteiger partial charge in [-0.2, -0.15) is 5.26 Å². The maximum absolute atomic E-state index is 9.54. The van der Waals surface area contributed by atoms with Crippen LogP contribution in [0, 0.1) is 11.3 Å². The van der Waals surface area contributed by atoms with E-state index in [4.69, 9.17) is 9.47 Å². The minimum Gasteiger partial charge on any atom is -0.490 e. The lowest BCUT2D eigenvalue weighted by Gasteiger charge is -2.22. The molecule has 0 spiro atoms. The summed E-state index contributed by atoms with van der Waals surface area (Å²) in [7, 11) is 0. The SMILES string of the molecule is CCOc1ccccc1OCCC(C)(C#N)c1ccccc1. The fourth-order valence-electron chi connectivity index (χ4n) is 2.28. The summed E-state index contributed by atoms with van der Waals surface area (Å²) < 4.78 is 11.4. The van der Waals surface area contributed by atoms with Crippen molar-refractivity contribution >= 4 is 0 Å². The van der Waals surface area contributed by atoms with Crippen LogP contribution in [0.25, 0.3) is 0 Å². The minimum atomic E-state index is -0.554. The van der Waals surface area contributed by atoms with Crippen LogP contribution in [-0.2, 0) is 5.41 Å². The molecule has 1 atom stereocenters. The zero-order chi connectivity index (χ0) is 15.8. The Bertz CT molecular complexity index is 633. The van der Waals surface area contributed by atoms with Gasteiger partial charge in [-0.25, -0.2) is 0 Å². The summed E-state index contributed by atoms with van der Waals surface area (Å²) in [6.45, 7) is 4.95. The Balaban J connectivity index is 2.02. The quantitative estimate of drug-likeness (QED) is 0.763. The molecule has 1 unspecified atom stereocenters. The molecule has 0 aliphatic carbocycles. The summed E-state index contributed by atoms with van der Waals surface area (Å²) in [5.74, 6) is 1.46. The van der Waals surface area contributed by atoms with E-state index in [1.165, 1.54) is 0 Å². The summed E-state index contributed by atoms with van der Waals surface area (Å²) >= 11 is 0. The summed E-state index contributed by atoms with van der Waals surface area (Å²) in [4.78, 5) is 0. The molecular weight excluding hydrogens is 274 g/mol. The van der Waals surface area contributed by atoms with Gasteiger partial charge in [0.25, 0.3) is 0 Å². The monoisotopic (exact) mass is 295 g/mol. The van der Waals surface area contributed by atoms with Gasteiger partial charge >= 0.3 is 0 Å². The van der Waals surface area contributed by atoms with Crippen LogP contribution in [-0.4, -0.2) is 13.2 Å². The van der Waals surface area contributed by atoms with Crippen molar-refractivity contribution in [1.82, 2.24) is 0 Å². The first kappa shape index (κ1) is 15.9. The standard InChI is InChI=1S/C19H21NO2/c1-3-21-17-11-7-8-12-18(17)22-14-13-19(2,15-20)16-9-5-4-6-10-16/h4-12H,3,13-14H2,1-2H3. The van der Waals surface area contributed by atoms with Crippen LogP contribution in [0.1, 0.15) is 25.8 Å². The Morgan fingerprint density at radius 2 is 1.55 bits per heavy atom. The van der Waals surface area contributed by atoms with Gasteiger partial charge < -0.3 is 9.47 Å². The van der Waals surface area contributed by atoms with Crippen molar-refractivity contribution in [2.75, 3.05) is 13.2 Å². The fraction of sp³-hybridized carbons (Fsp3) is 0.316. The molecule has 3 nitrogen and oxygen atoms in total. The largest absolute Gasteiger partial charge is 0.490 e. The topological polar surface area (TPSA) is 42.2 Å². The van der Waals surface area contributed by atoms with E-state index in [0.29, 0.717) is 19.6 Å². The van der Waals surface area contributed by atoms with Crippen molar-refractivity contribution in [3.05, 3.63) is 60.2 Å². The maximum atomic E-state index is 9.54. The normalized spacial score (nSPS) is 13.0. The number of hydrogen-bond donors (Lipinski definition) is 0. The molecule has 0 amide bonds. The second kappa shape index (κ2) is 7.51. The van der Waals surface area contributed by atoms with Gasteiger partial charge in [0, 0.05) is 6.42 Å². The zero-order valence-electron chi connectivity index (χ0n) is 13.1. The van der Waals surface area contributed by atoms with Gasteiger partial charge in [0.15, 0.2) is 11.5 Å². The lowest BCUT2D eigenvalue weighted by molar-refractivity contribution is 0.259. The summed E-state index contributed by atoms with van der Waals surface area (Å²) in [5, 5.41) is 9.54. The van der Waals surface area contributed by atoms with E-state index < -0.39 is 5.41 Å². The molecule has 0 fully saturated rings. The van der Waals surface area contributed by atoms with Gasteiger partial charge in [0.05, 0.1) is 24.7 Å². The highest BCUT2D eigenvalue weighted by Gasteiger charge is 2.26. The van der Waals surface area contributed by atoms with E-state index in [1.54, 1.807) is 0 Å². The van der Waals surface area contributed by atoms with Gasteiger partial charge in [0.1, 0.15) is 0 Å². The average Bonchev–Trinajstić information content (AvgIpc) is 2.57. The Morgan fingerprint density at radius 3 is 2.14 bits per heavy atom. The zero-order valence-corrected chi connectivity index (χ0v) is 13.1. The summed E-state index contributed by atoms with van der Waals surface area (Å²) in [6.07, 6.45) is 0.619. The summed E-state index contributed by atoms with van der Waals surface area (Å²) in [6, 6.07) is 19.8. The molecule has 2 aromatic carbocycles. The first-order valence-corrected chi connectivity index (χ1v) is 7.51. The molecule has 0 aliphatic rings. The molecule has 3 heteroatoms. The molecule has 0 saturated carbocycles. The van der Waals surface area contributed by atoms with E-state index >= 15 is 0 Å². The van der Waals surface area contributed by atoms with E-state index in [9.17, 15) is 5.26 Å². The third-order valence-corrected chi connectivity index (χ3v) is 3.67. The van der Waals surface area contributed by atoms with E-state index in [-0.39, 0.29) is 0 Å². The van der Waals surface area contributed by atoms with Gasteiger partial charge in [-0.15, -0.1) is 0 Å². The first-order valence-electron chi connectivity index (χ1n) is 7.51. The van der Waals surface area contributed by atoms with Crippen molar-refractivity contribution in [3.63, 3.8) is 0 Å². The highest BCUT2D eigenvalue weighted by Crippen LogP contribution is 2.30. The molecule has 114 valence electrons. The molecule has 0 bridgehead atoms. The number of nitriles is 1. The van der Waals surface area contributed by atoms with Gasteiger partial charge in [-0.1, -0.05) is 42.5 Å². The Kier molecular flexibility index (Phi) is 5.43. The molecule has 0 N–H and O–H groups in total. The number of ether oxygens (including phenoxy) is 2. The summed E-state index contributed by atoms with van der Waals surface area (Å²) in [5.41, 5.74) is 0.459. The molecule has 2 rings (SSSR count). The Hall–Kier alpha value is -2.47. The van der Waals surface area contributed by atoms with Crippen molar-refractivity contribution in [3.8, 4) is 17.6 Å². The van der Waals surface area contributed by atoms with Crippen LogP contribution in [0.5, 0.6) is 11.5 Å². The van der Waals surface area contributed by atoms with Gasteiger partial charge in [-0.05, 0) is 31.5 Å². The Morgan fingerprint density at radius 1 is 0.955 bits per heavy atom. The van der Waals surface area contributed by atoms with Crippen molar-refractivity contribution in [2.24, 2.45) is 0 Å². The molecule has 2 aromatic rings. The number of benzene rings is 2. The molecule has 0 heterocycles. The number of nitrogens with zero attached hydrogens (tertiary/aromatic N) is 1. The van der Waals surface area contributed by atoms with Crippen LogP contribution in [0.2, 0.25) is 0 Å². The molecule has 0 aliphatic heterocycles. The molecule has 0 aromatic heterocycles. The highest BCUT2D eigenvalue weighted by molar-refractivity contribution is 5.39. The number of rotatable bonds is 7. The third-order valence-electron chi connectivity index (χ3n) is 3.67. The highest BCUT2D eigenvalue weighted by atomic mass is 16.5. The predicted octanol–water partition coefficient (Wildman–Crippen LogP) is 4.34. The van der Waals surface area contributed by atoms with Crippen LogP contribution >= 0.6 is 0 Å². The second-order valence-corrected chi connectivity index (χ2v) is 5.29. The van der Waals surface area contributed by atoms with Gasteiger partial charge in [-0.3, -0.25) is 0 Å². The van der Waals surface area contributed by atoms with Crippen molar-refractivity contribution in [1.29, 1.82) is 5.26 Å². The molecule has 0 saturated heterocycles. The van der Waals surface area contributed by atoms with Crippen LogP contribution in [0.15, 0.2) is 54.6 Å². The minimum absolute atomic E-state index is 0.461. The molecular formula is C19H21NO2. The smallest absolute Gasteiger partial charge is 0.161 e. The second-order valence-electron chi connectivity index (χ2n) is 5.29. The third kappa shape index (κ3) is 3.79. The lowest BCUT2D eigenvalue weighted by Crippen LogP contribution is -2.22. The molecule has 22 heavy (non-hydrogen) atoms.